The van der Waals surface area contributed by atoms with Crippen LogP contribution in [0.15, 0.2) is 71.6 Å². The number of hydrogen-bond acceptors (Lipinski definition) is 5. The second kappa shape index (κ2) is 8.64. The third-order valence-electron chi connectivity index (χ3n) is 7.53. The summed E-state index contributed by atoms with van der Waals surface area (Å²) in [6.07, 6.45) is 1.11. The van der Waals surface area contributed by atoms with Crippen LogP contribution in [0.25, 0.3) is 0 Å². The molecule has 0 aliphatic carbocycles. The van der Waals surface area contributed by atoms with Crippen molar-refractivity contribution in [2.75, 3.05) is 24.5 Å². The summed E-state index contributed by atoms with van der Waals surface area (Å²) in [5, 5.41) is 0. The summed E-state index contributed by atoms with van der Waals surface area (Å²) in [6, 6.07) is 18.4. The monoisotopic (exact) mass is 515 g/mol. The smallest absolute Gasteiger partial charge is 0.261 e. The fourth-order valence-electron chi connectivity index (χ4n) is 5.68. The highest BCUT2D eigenvalue weighted by Crippen LogP contribution is 2.38. The zero-order valence-corrected chi connectivity index (χ0v) is 21.1. The van der Waals surface area contributed by atoms with Crippen LogP contribution in [0.2, 0.25) is 0 Å². The summed E-state index contributed by atoms with van der Waals surface area (Å²) in [4.78, 5) is 41.2. The molecule has 0 N–H and O–H groups in total. The summed E-state index contributed by atoms with van der Waals surface area (Å²) in [5.41, 5.74) is 4.00. The Bertz CT molecular complexity index is 1550. The third kappa shape index (κ3) is 3.69. The van der Waals surface area contributed by atoms with Crippen LogP contribution < -0.4 is 4.90 Å². The van der Waals surface area contributed by atoms with Crippen molar-refractivity contribution in [2.24, 2.45) is 0 Å². The van der Waals surface area contributed by atoms with Crippen LogP contribution in [0.3, 0.4) is 0 Å². The summed E-state index contributed by atoms with van der Waals surface area (Å²) < 4.78 is 29.5. The number of carbonyl (C=O) groups excluding carboxylic acids is 3. The van der Waals surface area contributed by atoms with Gasteiger partial charge in [0.1, 0.15) is 0 Å². The molecule has 188 valence electrons. The topological polar surface area (TPSA) is 95.1 Å². The molecule has 1 atom stereocenters. The first-order chi connectivity index (χ1) is 17.8. The van der Waals surface area contributed by atoms with Crippen LogP contribution in [0.4, 0.5) is 5.69 Å². The van der Waals surface area contributed by atoms with E-state index in [0.717, 1.165) is 27.3 Å². The van der Waals surface area contributed by atoms with Gasteiger partial charge in [-0.2, -0.15) is 4.31 Å². The minimum Gasteiger partial charge on any atom is -0.312 e. The van der Waals surface area contributed by atoms with E-state index in [9.17, 15) is 22.8 Å². The van der Waals surface area contributed by atoms with E-state index in [1.807, 2.05) is 24.3 Å². The van der Waals surface area contributed by atoms with Gasteiger partial charge in [-0.15, -0.1) is 0 Å². The number of benzene rings is 3. The molecule has 0 radical (unpaired) electrons. The van der Waals surface area contributed by atoms with Gasteiger partial charge < -0.3 is 4.90 Å². The lowest BCUT2D eigenvalue weighted by atomic mass is 9.94. The molecule has 3 heterocycles. The molecular formula is C28H25N3O5S. The van der Waals surface area contributed by atoms with E-state index < -0.39 is 27.9 Å². The molecule has 37 heavy (non-hydrogen) atoms. The number of rotatable bonds is 4. The zero-order valence-electron chi connectivity index (χ0n) is 20.3. The van der Waals surface area contributed by atoms with E-state index in [-0.39, 0.29) is 23.9 Å². The molecule has 6 rings (SSSR count). The van der Waals surface area contributed by atoms with E-state index in [1.165, 1.54) is 17.3 Å². The van der Waals surface area contributed by atoms with Crippen LogP contribution >= 0.6 is 0 Å². The van der Waals surface area contributed by atoms with Crippen molar-refractivity contribution in [1.82, 2.24) is 9.21 Å². The molecule has 3 aromatic rings. The summed E-state index contributed by atoms with van der Waals surface area (Å²) in [6.45, 7) is 2.16. The minimum absolute atomic E-state index is 0.0777. The number of anilines is 1. The number of hydrogen-bond donors (Lipinski definition) is 0. The SMILES string of the molecule is CC(=O)N1CCc2cc(S(=O)(=O)N3CCc4ccccc4C3CN3C(=O)c4ccccc4C3=O)ccc21. The van der Waals surface area contributed by atoms with Crippen molar-refractivity contribution in [1.29, 1.82) is 0 Å². The van der Waals surface area contributed by atoms with Gasteiger partial charge in [0, 0.05) is 25.7 Å². The molecule has 0 saturated carbocycles. The largest absolute Gasteiger partial charge is 0.312 e. The highest BCUT2D eigenvalue weighted by Gasteiger charge is 2.42. The average Bonchev–Trinajstić information content (AvgIpc) is 3.43. The standard InChI is InChI=1S/C28H25N3O5S/c1-18(32)29-14-12-20-16-21(10-11-25(20)29)37(35,36)31-15-13-19-6-2-3-7-22(19)26(31)17-30-27(33)23-8-4-5-9-24(23)28(30)34/h2-11,16,26H,12-15,17H2,1H3. The Balaban J connectivity index is 1.38. The predicted molar refractivity (Wildman–Crippen MR) is 137 cm³/mol. The lowest BCUT2D eigenvalue weighted by Crippen LogP contribution is -2.46. The Labute approximate surface area is 215 Å². The molecule has 0 aromatic heterocycles. The van der Waals surface area contributed by atoms with E-state index in [4.69, 9.17) is 0 Å². The van der Waals surface area contributed by atoms with Crippen molar-refractivity contribution in [3.8, 4) is 0 Å². The molecule has 3 aromatic carbocycles. The lowest BCUT2D eigenvalue weighted by Gasteiger charge is -2.38. The van der Waals surface area contributed by atoms with Crippen LogP contribution in [0, 0.1) is 0 Å². The maximum atomic E-state index is 14.0. The Morgan fingerprint density at radius 3 is 2.22 bits per heavy atom. The van der Waals surface area contributed by atoms with E-state index in [1.54, 1.807) is 41.3 Å². The van der Waals surface area contributed by atoms with Gasteiger partial charge in [0.25, 0.3) is 11.8 Å². The van der Waals surface area contributed by atoms with Gasteiger partial charge in [-0.1, -0.05) is 36.4 Å². The Morgan fingerprint density at radius 2 is 1.51 bits per heavy atom. The predicted octanol–water partition coefficient (Wildman–Crippen LogP) is 3.18. The quantitative estimate of drug-likeness (QED) is 0.498. The molecule has 1 unspecified atom stereocenters. The highest BCUT2D eigenvalue weighted by molar-refractivity contribution is 7.89. The molecular weight excluding hydrogens is 490 g/mol. The van der Waals surface area contributed by atoms with Crippen molar-refractivity contribution >= 4 is 33.4 Å². The second-order valence-corrected chi connectivity index (χ2v) is 11.4. The first-order valence-electron chi connectivity index (χ1n) is 12.2. The zero-order chi connectivity index (χ0) is 25.9. The van der Waals surface area contributed by atoms with E-state index in [0.29, 0.717) is 30.5 Å². The molecule has 0 fully saturated rings. The summed E-state index contributed by atoms with van der Waals surface area (Å²) in [7, 11) is -3.98. The van der Waals surface area contributed by atoms with Crippen molar-refractivity contribution < 1.29 is 22.8 Å². The molecule has 9 heteroatoms. The van der Waals surface area contributed by atoms with Gasteiger partial charge in [-0.25, -0.2) is 8.42 Å². The Morgan fingerprint density at radius 1 is 0.865 bits per heavy atom. The second-order valence-electron chi connectivity index (χ2n) is 9.56. The molecule has 0 saturated heterocycles. The van der Waals surface area contributed by atoms with E-state index >= 15 is 0 Å². The van der Waals surface area contributed by atoms with Gasteiger partial charge in [0.05, 0.1) is 28.6 Å². The fourth-order valence-corrected chi connectivity index (χ4v) is 7.33. The number of sulfonamides is 1. The number of imide groups is 1. The number of carbonyl (C=O) groups is 3. The van der Waals surface area contributed by atoms with Gasteiger partial charge in [-0.3, -0.25) is 19.3 Å². The summed E-state index contributed by atoms with van der Waals surface area (Å²) >= 11 is 0. The fraction of sp³-hybridized carbons (Fsp3) is 0.250. The number of fused-ring (bicyclic) bond motifs is 3. The third-order valence-corrected chi connectivity index (χ3v) is 9.43. The van der Waals surface area contributed by atoms with E-state index in [2.05, 4.69) is 0 Å². The van der Waals surface area contributed by atoms with Crippen molar-refractivity contribution in [3.05, 3.63) is 94.5 Å². The molecule has 0 spiro atoms. The molecule has 3 aliphatic heterocycles. The maximum absolute atomic E-state index is 14.0. The minimum atomic E-state index is -3.98. The van der Waals surface area contributed by atoms with Gasteiger partial charge in [0.15, 0.2) is 0 Å². The molecule has 0 bridgehead atoms. The van der Waals surface area contributed by atoms with Crippen LogP contribution in [0.1, 0.15) is 50.4 Å². The number of amides is 3. The van der Waals surface area contributed by atoms with Crippen LogP contribution in [0.5, 0.6) is 0 Å². The lowest BCUT2D eigenvalue weighted by molar-refractivity contribution is -0.116. The molecule has 3 aliphatic rings. The van der Waals surface area contributed by atoms with Gasteiger partial charge in [-0.05, 0) is 59.9 Å². The normalized spacial score (nSPS) is 19.1. The van der Waals surface area contributed by atoms with Gasteiger partial charge >= 0.3 is 0 Å². The number of nitrogens with zero attached hydrogens (tertiary/aromatic N) is 3. The first-order valence-corrected chi connectivity index (χ1v) is 13.7. The van der Waals surface area contributed by atoms with Crippen molar-refractivity contribution in [2.45, 2.75) is 30.7 Å². The van der Waals surface area contributed by atoms with Gasteiger partial charge in [0.2, 0.25) is 15.9 Å². The van der Waals surface area contributed by atoms with Crippen LogP contribution in [-0.4, -0.2) is 55.0 Å². The van der Waals surface area contributed by atoms with Crippen LogP contribution in [-0.2, 0) is 27.7 Å². The molecule has 8 nitrogen and oxygen atoms in total. The average molecular weight is 516 g/mol. The summed E-state index contributed by atoms with van der Waals surface area (Å²) in [5.74, 6) is -0.909. The first kappa shape index (κ1) is 23.6. The highest BCUT2D eigenvalue weighted by atomic mass is 32.2. The Kier molecular flexibility index (Phi) is 5.50. The Hall–Kier alpha value is -3.82. The molecule has 3 amide bonds. The van der Waals surface area contributed by atoms with Crippen molar-refractivity contribution in [3.63, 3.8) is 0 Å². The maximum Gasteiger partial charge on any atom is 0.261 e.